The van der Waals surface area contributed by atoms with Crippen LogP contribution in [-0.2, 0) is 20.3 Å². The molecule has 0 heterocycles. The van der Waals surface area contributed by atoms with E-state index in [1.165, 1.54) is 12.8 Å². The number of hydrogen-bond donors (Lipinski definition) is 0. The van der Waals surface area contributed by atoms with Gasteiger partial charge in [-0.25, -0.2) is 0 Å². The molecule has 2 rings (SSSR count). The van der Waals surface area contributed by atoms with Gasteiger partial charge in [0.2, 0.25) is 0 Å². The van der Waals surface area contributed by atoms with Crippen LogP contribution in [0.3, 0.4) is 0 Å². The van der Waals surface area contributed by atoms with Gasteiger partial charge in [-0.15, -0.1) is 0 Å². The summed E-state index contributed by atoms with van der Waals surface area (Å²) in [6, 6.07) is 0. The summed E-state index contributed by atoms with van der Waals surface area (Å²) in [7, 11) is 0. The SMILES string of the molecule is C[CH](C)[Zr]([C]1=CC=CC1)([C]1=CC=CC1)[CH](C)C. The first-order chi connectivity index (χ1) is 8.10. The monoisotopic (exact) mass is 306 g/mol. The van der Waals surface area contributed by atoms with Crippen molar-refractivity contribution in [3.8, 4) is 0 Å². The topological polar surface area (TPSA) is 0 Å². The van der Waals surface area contributed by atoms with Gasteiger partial charge in [0, 0.05) is 0 Å². The quantitative estimate of drug-likeness (QED) is 0.644. The van der Waals surface area contributed by atoms with E-state index in [1.54, 1.807) is 0 Å². The first-order valence-corrected chi connectivity index (χ1v) is 12.1. The number of allylic oxidation sites excluding steroid dienone is 8. The molecule has 0 nitrogen and oxygen atoms in total. The molecule has 0 fully saturated rings. The van der Waals surface area contributed by atoms with E-state index in [2.05, 4.69) is 64.2 Å². The van der Waals surface area contributed by atoms with Gasteiger partial charge < -0.3 is 0 Å². The Morgan fingerprint density at radius 2 is 1.24 bits per heavy atom. The standard InChI is InChI=1S/2C5H5.2C3H7.Zr/c2*1-2-4-5-3-1;2*1-3-2;/h2*1-3H,4H2;2*3H,1-2H3;. The molecule has 0 atom stereocenters. The number of hydrogen-bond acceptors (Lipinski definition) is 0. The van der Waals surface area contributed by atoms with Crippen LogP contribution >= 0.6 is 0 Å². The third-order valence-corrected chi connectivity index (χ3v) is 20.4. The Labute approximate surface area is 111 Å². The molecule has 0 unspecified atom stereocenters. The summed E-state index contributed by atoms with van der Waals surface area (Å²) >= 11 is -2.38. The van der Waals surface area contributed by atoms with Gasteiger partial charge in [-0.1, -0.05) is 0 Å². The van der Waals surface area contributed by atoms with Crippen LogP contribution in [0.2, 0.25) is 7.25 Å². The molecular formula is C16H24Zr. The molecular weight excluding hydrogens is 283 g/mol. The molecule has 0 radical (unpaired) electrons. The van der Waals surface area contributed by atoms with Gasteiger partial charge in [0.25, 0.3) is 0 Å². The average Bonchev–Trinajstić information content (AvgIpc) is 2.88. The third-order valence-electron chi connectivity index (χ3n) is 4.43. The summed E-state index contributed by atoms with van der Waals surface area (Å²) in [5, 5.41) is 0. The summed E-state index contributed by atoms with van der Waals surface area (Å²) in [5.74, 6) is 0. The van der Waals surface area contributed by atoms with Gasteiger partial charge in [0.05, 0.1) is 0 Å². The van der Waals surface area contributed by atoms with Crippen molar-refractivity contribution in [1.82, 2.24) is 0 Å². The summed E-state index contributed by atoms with van der Waals surface area (Å²) in [6.07, 6.45) is 16.6. The zero-order valence-corrected chi connectivity index (χ0v) is 14.0. The van der Waals surface area contributed by atoms with Crippen molar-refractivity contribution in [2.75, 3.05) is 0 Å². The number of rotatable bonds is 4. The van der Waals surface area contributed by atoms with Crippen LogP contribution in [0, 0.1) is 0 Å². The second-order valence-electron chi connectivity index (χ2n) is 5.83. The zero-order valence-electron chi connectivity index (χ0n) is 11.5. The van der Waals surface area contributed by atoms with Crippen LogP contribution in [0.15, 0.2) is 43.0 Å². The summed E-state index contributed by atoms with van der Waals surface area (Å²) < 4.78 is 5.36. The first-order valence-electron chi connectivity index (χ1n) is 6.82. The van der Waals surface area contributed by atoms with Crippen molar-refractivity contribution in [3.63, 3.8) is 0 Å². The van der Waals surface area contributed by atoms with Gasteiger partial charge in [-0.05, 0) is 0 Å². The molecule has 17 heavy (non-hydrogen) atoms. The second kappa shape index (κ2) is 5.23. The van der Waals surface area contributed by atoms with E-state index in [-0.39, 0.29) is 0 Å². The van der Waals surface area contributed by atoms with Crippen molar-refractivity contribution < 1.29 is 20.3 Å². The predicted octanol–water partition coefficient (Wildman–Crippen LogP) is 5.48. The van der Waals surface area contributed by atoms with Crippen LogP contribution < -0.4 is 0 Å². The minimum atomic E-state index is -2.38. The Morgan fingerprint density at radius 1 is 0.824 bits per heavy atom. The predicted molar refractivity (Wildman–Crippen MR) is 73.9 cm³/mol. The Hall–Kier alpha value is -0.157. The normalized spacial score (nSPS) is 19.4. The molecule has 0 aromatic rings. The fourth-order valence-electron chi connectivity index (χ4n) is 3.86. The van der Waals surface area contributed by atoms with Crippen molar-refractivity contribution >= 4 is 0 Å². The molecule has 1 heteroatoms. The zero-order chi connectivity index (χ0) is 12.5. The maximum atomic E-state index is 2.47. The molecule has 0 aromatic carbocycles. The molecule has 2 aliphatic rings. The van der Waals surface area contributed by atoms with Crippen LogP contribution in [0.1, 0.15) is 40.5 Å². The van der Waals surface area contributed by atoms with Crippen molar-refractivity contribution in [2.24, 2.45) is 0 Å². The Kier molecular flexibility index (Phi) is 4.08. The van der Waals surface area contributed by atoms with Gasteiger partial charge in [-0.2, -0.15) is 0 Å². The van der Waals surface area contributed by atoms with Gasteiger partial charge in [-0.3, -0.25) is 0 Å². The van der Waals surface area contributed by atoms with Gasteiger partial charge >= 0.3 is 111 Å². The molecule has 0 saturated carbocycles. The van der Waals surface area contributed by atoms with E-state index >= 15 is 0 Å². The summed E-state index contributed by atoms with van der Waals surface area (Å²) in [5.41, 5.74) is 0. The molecule has 0 N–H and O–H groups in total. The van der Waals surface area contributed by atoms with Crippen LogP contribution in [0.25, 0.3) is 0 Å². The van der Waals surface area contributed by atoms with E-state index in [4.69, 9.17) is 0 Å². The third kappa shape index (κ3) is 2.12. The maximum absolute atomic E-state index is 2.47. The fourth-order valence-corrected chi connectivity index (χ4v) is 19.5. The molecule has 0 aromatic heterocycles. The summed E-state index contributed by atoms with van der Waals surface area (Å²) in [4.78, 5) is 0. The van der Waals surface area contributed by atoms with Gasteiger partial charge in [0.15, 0.2) is 0 Å². The Balaban J connectivity index is 2.46. The van der Waals surface area contributed by atoms with Crippen LogP contribution in [0.4, 0.5) is 0 Å². The minimum absolute atomic E-state index is 0.863. The second-order valence-corrected chi connectivity index (χ2v) is 18.9. The molecule has 0 amide bonds. The summed E-state index contributed by atoms with van der Waals surface area (Å²) in [6.45, 7) is 9.87. The molecule has 0 spiro atoms. The van der Waals surface area contributed by atoms with E-state index in [0.717, 1.165) is 7.25 Å². The van der Waals surface area contributed by atoms with Crippen molar-refractivity contribution in [1.29, 1.82) is 0 Å². The van der Waals surface area contributed by atoms with E-state index in [1.807, 2.05) is 6.56 Å². The van der Waals surface area contributed by atoms with E-state index < -0.39 is 20.3 Å². The van der Waals surface area contributed by atoms with Crippen LogP contribution in [0.5, 0.6) is 0 Å². The first kappa shape index (κ1) is 13.3. The average molecular weight is 308 g/mol. The Bertz CT molecular complexity index is 365. The van der Waals surface area contributed by atoms with E-state index in [0.29, 0.717) is 0 Å². The van der Waals surface area contributed by atoms with Crippen molar-refractivity contribution in [2.45, 2.75) is 47.8 Å². The molecule has 0 bridgehead atoms. The fraction of sp³-hybridized carbons (Fsp3) is 0.500. The van der Waals surface area contributed by atoms with Crippen molar-refractivity contribution in [3.05, 3.63) is 43.0 Å². The van der Waals surface area contributed by atoms with Gasteiger partial charge in [0.1, 0.15) is 0 Å². The molecule has 2 aliphatic carbocycles. The molecule has 0 aliphatic heterocycles. The molecule has 92 valence electrons. The molecule has 0 saturated heterocycles. The Morgan fingerprint density at radius 3 is 1.47 bits per heavy atom. The van der Waals surface area contributed by atoms with E-state index in [9.17, 15) is 0 Å². The van der Waals surface area contributed by atoms with Crippen LogP contribution in [-0.4, -0.2) is 0 Å².